The van der Waals surface area contributed by atoms with Gasteiger partial charge in [0.1, 0.15) is 0 Å². The second kappa shape index (κ2) is 9.97. The van der Waals surface area contributed by atoms with E-state index in [1.54, 1.807) is 0 Å². The molecule has 4 heteroatoms. The van der Waals surface area contributed by atoms with E-state index >= 15 is 0 Å². The van der Waals surface area contributed by atoms with Gasteiger partial charge in [-0.1, -0.05) is 37.6 Å². The molecule has 1 aromatic carbocycles. The second-order valence-electron chi connectivity index (χ2n) is 6.37. The molecule has 0 unspecified atom stereocenters. The van der Waals surface area contributed by atoms with E-state index in [0.717, 1.165) is 25.0 Å². The molecule has 1 fully saturated rings. The zero-order valence-corrected chi connectivity index (χ0v) is 16.2. The molecule has 0 amide bonds. The minimum absolute atomic E-state index is 0.446. The van der Waals surface area contributed by atoms with Crippen molar-refractivity contribution in [2.75, 3.05) is 6.61 Å². The van der Waals surface area contributed by atoms with Gasteiger partial charge in [0.05, 0.1) is 6.10 Å². The topological polar surface area (TPSA) is 9.23 Å². The summed E-state index contributed by atoms with van der Waals surface area (Å²) in [5.74, 6) is 0.720. The van der Waals surface area contributed by atoms with E-state index in [2.05, 4.69) is 31.2 Å². The van der Waals surface area contributed by atoms with Crippen molar-refractivity contribution in [2.24, 2.45) is 0 Å². The van der Waals surface area contributed by atoms with Crippen LogP contribution in [0, 0.1) is 0 Å². The first-order valence-corrected chi connectivity index (χ1v) is 13.0. The number of rotatable bonds is 8. The van der Waals surface area contributed by atoms with Crippen molar-refractivity contribution in [1.29, 1.82) is 0 Å². The van der Waals surface area contributed by atoms with Crippen LogP contribution in [0.15, 0.2) is 24.3 Å². The first-order valence-electron chi connectivity index (χ1n) is 8.67. The third-order valence-corrected chi connectivity index (χ3v) is 6.74. The van der Waals surface area contributed by atoms with Crippen molar-refractivity contribution in [3.8, 4) is 0 Å². The van der Waals surface area contributed by atoms with Gasteiger partial charge in [-0.3, -0.25) is 0 Å². The third-order valence-electron chi connectivity index (χ3n) is 4.58. The first kappa shape index (κ1) is 18.3. The van der Waals surface area contributed by atoms with Gasteiger partial charge in [-0.25, -0.2) is 0 Å². The van der Waals surface area contributed by atoms with E-state index in [9.17, 15) is 0 Å². The van der Waals surface area contributed by atoms with Crippen molar-refractivity contribution >= 4 is 29.6 Å². The molecule has 1 nitrogen and oxygen atoms in total. The Labute approximate surface area is 146 Å². The predicted molar refractivity (Wildman–Crippen MR) is 99.7 cm³/mol. The fraction of sp³-hybridized carbons (Fsp3) is 0.667. The zero-order chi connectivity index (χ0) is 15.8. The number of aryl methyl sites for hydroxylation is 1. The average Bonchev–Trinajstić information content (AvgIpc) is 2.53. The third kappa shape index (κ3) is 6.23. The van der Waals surface area contributed by atoms with E-state index < -0.39 is 7.42 Å². The molecule has 0 radical (unpaired) electrons. The van der Waals surface area contributed by atoms with Crippen LogP contribution in [-0.2, 0) is 11.2 Å². The van der Waals surface area contributed by atoms with Gasteiger partial charge in [-0.05, 0) is 61.6 Å². The fourth-order valence-corrected chi connectivity index (χ4v) is 4.70. The van der Waals surface area contributed by atoms with E-state index in [1.165, 1.54) is 49.7 Å². The lowest BCUT2D eigenvalue weighted by Crippen LogP contribution is -2.21. The zero-order valence-electron chi connectivity index (χ0n) is 13.6. The number of ether oxygens (including phenoxy) is 1. The second-order valence-corrected chi connectivity index (χ2v) is 11.6. The summed E-state index contributed by atoms with van der Waals surface area (Å²) in [7, 11) is -1.44. The van der Waals surface area contributed by atoms with E-state index in [-0.39, 0.29) is 0 Å². The Morgan fingerprint density at radius 2 is 1.77 bits per heavy atom. The number of hydrogen-bond acceptors (Lipinski definition) is 1. The van der Waals surface area contributed by atoms with Gasteiger partial charge in [0.15, 0.2) is 0 Å². The lowest BCUT2D eigenvalue weighted by molar-refractivity contribution is 0.0251. The highest BCUT2D eigenvalue weighted by molar-refractivity contribution is 7.33. The molecule has 0 aromatic heterocycles. The van der Waals surface area contributed by atoms with Crippen molar-refractivity contribution in [3.63, 3.8) is 0 Å². The Hall–Kier alpha value is -0.0231. The van der Waals surface area contributed by atoms with Crippen molar-refractivity contribution in [2.45, 2.75) is 69.9 Å². The molecule has 1 aliphatic carbocycles. The van der Waals surface area contributed by atoms with Gasteiger partial charge in [0, 0.05) is 6.61 Å². The molecule has 0 aliphatic heterocycles. The Morgan fingerprint density at radius 1 is 1.09 bits per heavy atom. The molecule has 0 bridgehead atoms. The van der Waals surface area contributed by atoms with E-state index in [0.29, 0.717) is 6.10 Å². The highest BCUT2D eigenvalue weighted by atomic mass is 35.7. The molecular weight excluding hydrogens is 331 g/mol. The smallest absolute Gasteiger partial charge is 0.237 e. The van der Waals surface area contributed by atoms with Crippen LogP contribution in [0.25, 0.3) is 0 Å². The minimum Gasteiger partial charge on any atom is -0.378 e. The van der Waals surface area contributed by atoms with Crippen molar-refractivity contribution in [3.05, 3.63) is 35.4 Å². The Kier molecular flexibility index (Phi) is 8.30. The molecule has 1 aromatic rings. The maximum atomic E-state index is 5.97. The van der Waals surface area contributed by atoms with Crippen LogP contribution in [0.4, 0.5) is 0 Å². The van der Waals surface area contributed by atoms with E-state index in [1.807, 2.05) is 0 Å². The minimum atomic E-state index is -1.44. The van der Waals surface area contributed by atoms with Crippen molar-refractivity contribution < 1.29 is 4.74 Å². The quantitative estimate of drug-likeness (QED) is 0.325. The van der Waals surface area contributed by atoms with Crippen LogP contribution in [0.3, 0.4) is 0 Å². The fourth-order valence-electron chi connectivity index (χ4n) is 3.30. The summed E-state index contributed by atoms with van der Waals surface area (Å²) in [6, 6.07) is 10.2. The number of halogens is 2. The standard InChI is InChI=1S/C18H28Cl2OSi/c1-2-4-15-5-7-16(8-6-15)17-9-11-18(12-10-17)21-13-3-14-22(19)20/h5-8,17-18,22H,2-4,9-14H2,1H3. The van der Waals surface area contributed by atoms with Gasteiger partial charge in [0.25, 0.3) is 0 Å². The average molecular weight is 359 g/mol. The molecule has 0 saturated heterocycles. The molecule has 124 valence electrons. The summed E-state index contributed by atoms with van der Waals surface area (Å²) in [6.07, 6.45) is 8.74. The Bertz CT molecular complexity index is 414. The number of hydrogen-bond donors (Lipinski definition) is 0. The highest BCUT2D eigenvalue weighted by Crippen LogP contribution is 2.34. The Morgan fingerprint density at radius 3 is 2.36 bits per heavy atom. The lowest BCUT2D eigenvalue weighted by atomic mass is 9.82. The van der Waals surface area contributed by atoms with Gasteiger partial charge in [-0.15, -0.1) is 0 Å². The van der Waals surface area contributed by atoms with Gasteiger partial charge in [0.2, 0.25) is 7.42 Å². The Balaban J connectivity index is 1.70. The van der Waals surface area contributed by atoms with Crippen LogP contribution >= 0.6 is 22.2 Å². The molecule has 1 aliphatic rings. The van der Waals surface area contributed by atoms with Crippen LogP contribution in [-0.4, -0.2) is 20.1 Å². The van der Waals surface area contributed by atoms with Crippen LogP contribution < -0.4 is 0 Å². The van der Waals surface area contributed by atoms with Crippen LogP contribution in [0.1, 0.15) is 62.5 Å². The molecule has 2 rings (SSSR count). The summed E-state index contributed by atoms with van der Waals surface area (Å²) < 4.78 is 5.97. The normalized spacial score (nSPS) is 22.2. The number of benzene rings is 1. The SMILES string of the molecule is CCCc1ccc(C2CCC(OCCC[SiH](Cl)Cl)CC2)cc1. The largest absolute Gasteiger partial charge is 0.378 e. The van der Waals surface area contributed by atoms with E-state index in [4.69, 9.17) is 26.9 Å². The summed E-state index contributed by atoms with van der Waals surface area (Å²) in [5, 5.41) is 0. The van der Waals surface area contributed by atoms with Crippen LogP contribution in [0.5, 0.6) is 0 Å². The lowest BCUT2D eigenvalue weighted by Gasteiger charge is -2.29. The summed E-state index contributed by atoms with van der Waals surface area (Å²) in [4.78, 5) is 0. The first-order chi connectivity index (χ1) is 10.7. The van der Waals surface area contributed by atoms with Gasteiger partial charge < -0.3 is 4.74 Å². The summed E-state index contributed by atoms with van der Waals surface area (Å²) >= 11 is 11.7. The molecule has 0 heterocycles. The molecule has 22 heavy (non-hydrogen) atoms. The molecular formula is C18H28Cl2OSi. The summed E-state index contributed by atoms with van der Waals surface area (Å²) in [6.45, 7) is 3.06. The molecule has 0 spiro atoms. The predicted octanol–water partition coefficient (Wildman–Crippen LogP) is 5.77. The molecule has 1 saturated carbocycles. The maximum Gasteiger partial charge on any atom is 0.237 e. The molecule has 0 N–H and O–H groups in total. The summed E-state index contributed by atoms with van der Waals surface area (Å²) in [5.41, 5.74) is 2.97. The van der Waals surface area contributed by atoms with Gasteiger partial charge in [-0.2, -0.15) is 22.2 Å². The van der Waals surface area contributed by atoms with Crippen molar-refractivity contribution in [1.82, 2.24) is 0 Å². The molecule has 0 atom stereocenters. The van der Waals surface area contributed by atoms with Gasteiger partial charge >= 0.3 is 0 Å². The maximum absolute atomic E-state index is 5.97. The van der Waals surface area contributed by atoms with Crippen LogP contribution in [0.2, 0.25) is 6.04 Å². The monoisotopic (exact) mass is 358 g/mol. The highest BCUT2D eigenvalue weighted by Gasteiger charge is 2.22.